The maximum Gasteiger partial charge on any atom is 0.320 e. The largest absolute Gasteiger partial charge is 0.465 e. The predicted molar refractivity (Wildman–Crippen MR) is 183 cm³/mol. The molecule has 0 N–H and O–H groups in total. The fourth-order valence-electron chi connectivity index (χ4n) is 5.92. The third-order valence-corrected chi connectivity index (χ3v) is 8.77. The lowest BCUT2D eigenvalue weighted by atomic mass is 10.1. The molecule has 0 rings (SSSR count). The Morgan fingerprint density at radius 1 is 0.390 bits per heavy atom. The van der Waals surface area contributed by atoms with Gasteiger partial charge in [-0.25, -0.2) is 0 Å². The third-order valence-electron chi connectivity index (χ3n) is 8.77. The summed E-state index contributed by atoms with van der Waals surface area (Å²) >= 11 is 0. The summed E-state index contributed by atoms with van der Waals surface area (Å²) < 4.78 is 5.66. The molecule has 0 fully saturated rings. The molecule has 0 aromatic rings. The van der Waals surface area contributed by atoms with E-state index in [1.54, 1.807) is 0 Å². The Morgan fingerprint density at radius 3 is 0.976 bits per heavy atom. The van der Waals surface area contributed by atoms with E-state index in [2.05, 4.69) is 25.7 Å². The van der Waals surface area contributed by atoms with E-state index in [9.17, 15) is 4.79 Å². The molecule has 0 saturated heterocycles. The Labute approximate surface area is 259 Å². The van der Waals surface area contributed by atoms with Crippen LogP contribution >= 0.6 is 0 Å². The number of esters is 1. The Bertz CT molecular complexity index is 471. The second kappa shape index (κ2) is 35.6. The highest BCUT2D eigenvalue weighted by molar-refractivity contribution is 5.71. The van der Waals surface area contributed by atoms with Gasteiger partial charge in [-0.15, -0.1) is 0 Å². The molecule has 0 spiro atoms. The van der Waals surface area contributed by atoms with Crippen LogP contribution in [0.3, 0.4) is 0 Å². The van der Waals surface area contributed by atoms with Gasteiger partial charge >= 0.3 is 5.97 Å². The second-order valence-electron chi connectivity index (χ2n) is 13.0. The minimum atomic E-state index is 0.0000765. The molecule has 0 aliphatic rings. The van der Waals surface area contributed by atoms with Gasteiger partial charge in [-0.3, -0.25) is 9.69 Å². The van der Waals surface area contributed by atoms with E-state index in [-0.39, 0.29) is 5.97 Å². The molecule has 246 valence electrons. The molecule has 0 saturated carbocycles. The lowest BCUT2D eigenvalue weighted by Gasteiger charge is -2.21. The van der Waals surface area contributed by atoms with Gasteiger partial charge in [-0.1, -0.05) is 194 Å². The summed E-state index contributed by atoms with van der Waals surface area (Å²) in [5.74, 6) is 0.0000765. The van der Waals surface area contributed by atoms with Gasteiger partial charge in [0.2, 0.25) is 0 Å². The SMILES string of the molecule is CCCCCCCCCCCCOC(=O)CN(CCCCCCCCCCCC)CCCCCCCCCCCC. The van der Waals surface area contributed by atoms with E-state index in [0.29, 0.717) is 13.2 Å². The summed E-state index contributed by atoms with van der Waals surface area (Å²) in [5.41, 5.74) is 0. The topological polar surface area (TPSA) is 29.5 Å². The summed E-state index contributed by atoms with van der Waals surface area (Å²) in [6, 6.07) is 0. The first kappa shape index (κ1) is 40.4. The van der Waals surface area contributed by atoms with Crippen LogP contribution in [0.5, 0.6) is 0 Å². The lowest BCUT2D eigenvalue weighted by Crippen LogP contribution is -2.33. The number of ether oxygens (including phenoxy) is 1. The van der Waals surface area contributed by atoms with E-state index in [1.807, 2.05) is 0 Å². The molecule has 41 heavy (non-hydrogen) atoms. The summed E-state index contributed by atoms with van der Waals surface area (Å²) in [6.45, 7) is 10.1. The van der Waals surface area contributed by atoms with Crippen LogP contribution in [0, 0.1) is 0 Å². The van der Waals surface area contributed by atoms with E-state index in [1.165, 1.54) is 186 Å². The average Bonchev–Trinajstić information content (AvgIpc) is 2.97. The van der Waals surface area contributed by atoms with Crippen molar-refractivity contribution in [1.29, 1.82) is 0 Å². The number of hydrogen-bond acceptors (Lipinski definition) is 3. The fraction of sp³-hybridized carbons (Fsp3) is 0.974. The van der Waals surface area contributed by atoms with E-state index in [0.717, 1.165) is 19.5 Å². The second-order valence-corrected chi connectivity index (χ2v) is 13.0. The fourth-order valence-corrected chi connectivity index (χ4v) is 5.92. The normalized spacial score (nSPS) is 11.5. The first-order valence-electron chi connectivity index (χ1n) is 19.1. The number of hydrogen-bond donors (Lipinski definition) is 0. The van der Waals surface area contributed by atoms with Crippen molar-refractivity contribution >= 4 is 5.97 Å². The first-order chi connectivity index (χ1) is 20.2. The van der Waals surface area contributed by atoms with Crippen LogP contribution in [-0.2, 0) is 9.53 Å². The number of unbranched alkanes of at least 4 members (excludes halogenated alkanes) is 27. The van der Waals surface area contributed by atoms with Gasteiger partial charge in [0.1, 0.15) is 0 Å². The quantitative estimate of drug-likeness (QED) is 0.0552. The van der Waals surface area contributed by atoms with E-state index < -0.39 is 0 Å². The van der Waals surface area contributed by atoms with Crippen molar-refractivity contribution in [2.45, 2.75) is 213 Å². The third kappa shape index (κ3) is 33.8. The average molecular weight is 580 g/mol. The Kier molecular flexibility index (Phi) is 35.1. The van der Waals surface area contributed by atoms with Crippen molar-refractivity contribution in [3.63, 3.8) is 0 Å². The molecule has 0 radical (unpaired) electrons. The predicted octanol–water partition coefficient (Wildman–Crippen LogP) is 12.6. The van der Waals surface area contributed by atoms with Gasteiger partial charge in [0, 0.05) is 0 Å². The van der Waals surface area contributed by atoms with Crippen molar-refractivity contribution < 1.29 is 9.53 Å². The molecule has 0 atom stereocenters. The molecular formula is C38H77NO2. The molecule has 0 aliphatic heterocycles. The zero-order chi connectivity index (χ0) is 29.9. The number of carbonyl (C=O) groups excluding carboxylic acids is 1. The van der Waals surface area contributed by atoms with E-state index >= 15 is 0 Å². The zero-order valence-corrected chi connectivity index (χ0v) is 28.8. The zero-order valence-electron chi connectivity index (χ0n) is 28.8. The molecule has 0 unspecified atom stereocenters. The van der Waals surface area contributed by atoms with Crippen LogP contribution in [0.1, 0.15) is 213 Å². The maximum absolute atomic E-state index is 12.6. The summed E-state index contributed by atoms with van der Waals surface area (Å²) in [6.07, 6.45) is 40.4. The highest BCUT2D eigenvalue weighted by Crippen LogP contribution is 2.14. The lowest BCUT2D eigenvalue weighted by molar-refractivity contribution is -0.145. The summed E-state index contributed by atoms with van der Waals surface area (Å²) in [7, 11) is 0. The minimum absolute atomic E-state index is 0.0000765. The molecule has 0 aromatic carbocycles. The van der Waals surface area contributed by atoms with Crippen LogP contribution in [0.4, 0.5) is 0 Å². The minimum Gasteiger partial charge on any atom is -0.465 e. The highest BCUT2D eigenvalue weighted by Gasteiger charge is 2.12. The number of nitrogens with zero attached hydrogens (tertiary/aromatic N) is 1. The van der Waals surface area contributed by atoms with E-state index in [4.69, 9.17) is 4.74 Å². The smallest absolute Gasteiger partial charge is 0.320 e. The number of carbonyl (C=O) groups is 1. The van der Waals surface area contributed by atoms with Crippen molar-refractivity contribution in [3.8, 4) is 0 Å². The van der Waals surface area contributed by atoms with Gasteiger partial charge < -0.3 is 4.74 Å². The van der Waals surface area contributed by atoms with Crippen LogP contribution in [0.15, 0.2) is 0 Å². The van der Waals surface area contributed by atoms with Gasteiger partial charge in [-0.05, 0) is 32.4 Å². The molecule has 0 bridgehead atoms. The van der Waals surface area contributed by atoms with Crippen molar-refractivity contribution in [3.05, 3.63) is 0 Å². The summed E-state index contributed by atoms with van der Waals surface area (Å²) in [5, 5.41) is 0. The molecule has 3 heteroatoms. The van der Waals surface area contributed by atoms with Gasteiger partial charge in [0.25, 0.3) is 0 Å². The van der Waals surface area contributed by atoms with Crippen LogP contribution < -0.4 is 0 Å². The maximum atomic E-state index is 12.6. The Morgan fingerprint density at radius 2 is 0.659 bits per heavy atom. The molecule has 0 heterocycles. The highest BCUT2D eigenvalue weighted by atomic mass is 16.5. The summed E-state index contributed by atoms with van der Waals surface area (Å²) in [4.78, 5) is 15.0. The van der Waals surface area contributed by atoms with Gasteiger partial charge in [0.15, 0.2) is 0 Å². The van der Waals surface area contributed by atoms with Gasteiger partial charge in [-0.2, -0.15) is 0 Å². The van der Waals surface area contributed by atoms with Gasteiger partial charge in [0.05, 0.1) is 13.2 Å². The molecule has 0 amide bonds. The number of rotatable bonds is 35. The van der Waals surface area contributed by atoms with Crippen LogP contribution in [0.25, 0.3) is 0 Å². The Balaban J connectivity index is 4.03. The van der Waals surface area contributed by atoms with Crippen LogP contribution in [0.2, 0.25) is 0 Å². The first-order valence-corrected chi connectivity index (χ1v) is 19.1. The molecule has 0 aromatic heterocycles. The van der Waals surface area contributed by atoms with Crippen molar-refractivity contribution in [2.24, 2.45) is 0 Å². The Hall–Kier alpha value is -0.570. The van der Waals surface area contributed by atoms with Crippen LogP contribution in [-0.4, -0.2) is 37.1 Å². The molecule has 0 aliphatic carbocycles. The molecular weight excluding hydrogens is 502 g/mol. The molecule has 3 nitrogen and oxygen atoms in total. The van der Waals surface area contributed by atoms with Crippen molar-refractivity contribution in [2.75, 3.05) is 26.2 Å². The standard InChI is InChI=1S/C38H77NO2/c1-4-7-10-13-16-19-22-25-28-31-34-39(35-32-29-26-23-20-17-14-11-8-5-2)37-38(40)41-36-33-30-27-24-21-18-15-12-9-6-3/h4-37H2,1-3H3. The van der Waals surface area contributed by atoms with Crippen molar-refractivity contribution in [1.82, 2.24) is 4.90 Å². The monoisotopic (exact) mass is 580 g/mol.